The van der Waals surface area contributed by atoms with Crippen molar-refractivity contribution in [1.29, 1.82) is 0 Å². The molecule has 4 atom stereocenters. The Kier molecular flexibility index (Phi) is 9.81. The minimum Gasteiger partial charge on any atom is -0.481 e. The molecule has 0 radical (unpaired) electrons. The van der Waals surface area contributed by atoms with Crippen LogP contribution >= 0.6 is 0 Å². The quantitative estimate of drug-likeness (QED) is 0.362. The van der Waals surface area contributed by atoms with Gasteiger partial charge >= 0.3 is 5.97 Å². The summed E-state index contributed by atoms with van der Waals surface area (Å²) in [6, 6.07) is 0. The van der Waals surface area contributed by atoms with Crippen LogP contribution in [0.3, 0.4) is 0 Å². The standard InChI is InChI=1S/C21H34O5/c1-3-4-9-13-21(2,26)14-12-17-16(18(22)15-19(17)23)10-7-5-6-8-11-20(24)25/h5,7,12,14,16-18,22,26H,3-4,6,8-11,13,15H2,1-2H3,(H,24,25)/b7-5-,14-12+/t16-,17-,18?,21?/m1/s1. The van der Waals surface area contributed by atoms with Crippen LogP contribution in [0.25, 0.3) is 0 Å². The van der Waals surface area contributed by atoms with E-state index in [0.717, 1.165) is 19.3 Å². The number of ketones is 1. The second-order valence-electron chi connectivity index (χ2n) is 7.59. The number of carboxylic acid groups (broad SMARTS) is 1. The van der Waals surface area contributed by atoms with Crippen molar-refractivity contribution in [2.24, 2.45) is 11.8 Å². The Bertz CT molecular complexity index is 507. The van der Waals surface area contributed by atoms with E-state index in [1.165, 1.54) is 0 Å². The molecule has 0 heterocycles. The van der Waals surface area contributed by atoms with Gasteiger partial charge < -0.3 is 15.3 Å². The number of rotatable bonds is 12. The van der Waals surface area contributed by atoms with Crippen molar-refractivity contribution in [3.05, 3.63) is 24.3 Å². The van der Waals surface area contributed by atoms with Gasteiger partial charge in [-0.15, -0.1) is 0 Å². The summed E-state index contributed by atoms with van der Waals surface area (Å²) in [4.78, 5) is 22.7. The summed E-state index contributed by atoms with van der Waals surface area (Å²) < 4.78 is 0. The second kappa shape index (κ2) is 11.3. The number of carbonyl (C=O) groups is 2. The highest BCUT2D eigenvalue weighted by molar-refractivity contribution is 5.86. The largest absolute Gasteiger partial charge is 0.481 e. The van der Waals surface area contributed by atoms with Gasteiger partial charge in [0, 0.05) is 24.7 Å². The third-order valence-electron chi connectivity index (χ3n) is 5.02. The lowest BCUT2D eigenvalue weighted by atomic mass is 9.88. The molecule has 0 aromatic heterocycles. The number of Topliss-reactive ketones (excluding diaryl/α,β-unsaturated/α-hetero) is 1. The van der Waals surface area contributed by atoms with Crippen LogP contribution < -0.4 is 0 Å². The number of carboxylic acids is 1. The fraction of sp³-hybridized carbons (Fsp3) is 0.714. The first-order valence-electron chi connectivity index (χ1n) is 9.76. The van der Waals surface area contributed by atoms with Crippen molar-refractivity contribution in [3.63, 3.8) is 0 Å². The molecule has 2 unspecified atom stereocenters. The highest BCUT2D eigenvalue weighted by Crippen LogP contribution is 2.34. The monoisotopic (exact) mass is 366 g/mol. The summed E-state index contributed by atoms with van der Waals surface area (Å²) in [6.07, 6.45) is 12.6. The minimum absolute atomic E-state index is 0.0161. The molecular weight excluding hydrogens is 332 g/mol. The van der Waals surface area contributed by atoms with E-state index in [0.29, 0.717) is 25.7 Å². The van der Waals surface area contributed by atoms with Crippen LogP contribution in [0.4, 0.5) is 0 Å². The Morgan fingerprint density at radius 3 is 2.65 bits per heavy atom. The fourth-order valence-corrected chi connectivity index (χ4v) is 3.39. The first-order chi connectivity index (χ1) is 12.3. The van der Waals surface area contributed by atoms with Gasteiger partial charge in [-0.1, -0.05) is 50.5 Å². The lowest BCUT2D eigenvalue weighted by molar-refractivity contribution is -0.137. The number of aliphatic hydroxyl groups is 2. The molecule has 148 valence electrons. The lowest BCUT2D eigenvalue weighted by Gasteiger charge is -2.21. The summed E-state index contributed by atoms with van der Waals surface area (Å²) in [5.74, 6) is -1.33. The lowest BCUT2D eigenvalue weighted by Crippen LogP contribution is -2.23. The van der Waals surface area contributed by atoms with E-state index in [4.69, 9.17) is 5.11 Å². The average molecular weight is 366 g/mol. The molecule has 0 saturated heterocycles. The Morgan fingerprint density at radius 2 is 2.00 bits per heavy atom. The molecule has 5 heteroatoms. The molecule has 5 nitrogen and oxygen atoms in total. The van der Waals surface area contributed by atoms with Crippen molar-refractivity contribution in [2.45, 2.75) is 83.3 Å². The van der Waals surface area contributed by atoms with Crippen LogP contribution in [-0.4, -0.2) is 38.8 Å². The van der Waals surface area contributed by atoms with Gasteiger partial charge in [-0.2, -0.15) is 0 Å². The maximum Gasteiger partial charge on any atom is 0.303 e. The number of unbranched alkanes of at least 4 members (excludes halogenated alkanes) is 3. The molecule has 1 rings (SSSR count). The molecule has 3 N–H and O–H groups in total. The molecule has 26 heavy (non-hydrogen) atoms. The molecular formula is C21H34O5. The van der Waals surface area contributed by atoms with Crippen molar-refractivity contribution in [2.75, 3.05) is 0 Å². The van der Waals surface area contributed by atoms with Crippen LogP contribution in [-0.2, 0) is 9.59 Å². The Morgan fingerprint density at radius 1 is 1.27 bits per heavy atom. The minimum atomic E-state index is -0.930. The summed E-state index contributed by atoms with van der Waals surface area (Å²) in [5.41, 5.74) is -0.930. The van der Waals surface area contributed by atoms with Crippen molar-refractivity contribution < 1.29 is 24.9 Å². The Labute approximate surface area is 156 Å². The van der Waals surface area contributed by atoms with E-state index in [9.17, 15) is 19.8 Å². The molecule has 1 fully saturated rings. The third kappa shape index (κ3) is 8.28. The second-order valence-corrected chi connectivity index (χ2v) is 7.59. The first-order valence-corrected chi connectivity index (χ1v) is 9.76. The third-order valence-corrected chi connectivity index (χ3v) is 5.02. The number of allylic oxidation sites excluding steroid dienone is 3. The number of carbonyl (C=O) groups excluding carboxylic acids is 1. The molecule has 1 aliphatic carbocycles. The van der Waals surface area contributed by atoms with Gasteiger partial charge in [0.2, 0.25) is 0 Å². The molecule has 0 spiro atoms. The van der Waals surface area contributed by atoms with Crippen LogP contribution in [0.5, 0.6) is 0 Å². The maximum absolute atomic E-state index is 12.2. The van der Waals surface area contributed by atoms with Crippen LogP contribution in [0, 0.1) is 11.8 Å². The number of hydrogen-bond donors (Lipinski definition) is 3. The number of hydrogen-bond acceptors (Lipinski definition) is 4. The molecule has 1 saturated carbocycles. The van der Waals surface area contributed by atoms with Gasteiger partial charge in [-0.3, -0.25) is 9.59 Å². The van der Waals surface area contributed by atoms with Gasteiger partial charge in [0.25, 0.3) is 0 Å². The predicted molar refractivity (Wildman–Crippen MR) is 102 cm³/mol. The van der Waals surface area contributed by atoms with E-state index in [1.54, 1.807) is 19.1 Å². The van der Waals surface area contributed by atoms with Gasteiger partial charge in [0.15, 0.2) is 0 Å². The Balaban J connectivity index is 2.58. The number of aliphatic carboxylic acids is 1. The van der Waals surface area contributed by atoms with Crippen molar-refractivity contribution in [1.82, 2.24) is 0 Å². The van der Waals surface area contributed by atoms with E-state index in [2.05, 4.69) is 6.92 Å². The zero-order chi connectivity index (χ0) is 19.6. The molecule has 0 bridgehead atoms. The van der Waals surface area contributed by atoms with Crippen LogP contribution in [0.1, 0.15) is 71.6 Å². The van der Waals surface area contributed by atoms with E-state index in [-0.39, 0.29) is 30.5 Å². The topological polar surface area (TPSA) is 94.8 Å². The zero-order valence-electron chi connectivity index (χ0n) is 16.1. The molecule has 0 aromatic rings. The maximum atomic E-state index is 12.2. The highest BCUT2D eigenvalue weighted by atomic mass is 16.4. The molecule has 0 aliphatic heterocycles. The summed E-state index contributed by atoms with van der Waals surface area (Å²) in [6.45, 7) is 3.87. The van der Waals surface area contributed by atoms with Gasteiger partial charge in [-0.05, 0) is 32.6 Å². The molecule has 0 aromatic carbocycles. The first kappa shape index (κ1) is 22.6. The molecule has 1 aliphatic rings. The van der Waals surface area contributed by atoms with Crippen molar-refractivity contribution in [3.8, 4) is 0 Å². The van der Waals surface area contributed by atoms with Gasteiger partial charge in [0.1, 0.15) is 5.78 Å². The normalized spacial score (nSPS) is 26.0. The zero-order valence-corrected chi connectivity index (χ0v) is 16.1. The smallest absolute Gasteiger partial charge is 0.303 e. The summed E-state index contributed by atoms with van der Waals surface area (Å²) in [5, 5.41) is 29.2. The average Bonchev–Trinajstić information content (AvgIpc) is 2.82. The fourth-order valence-electron chi connectivity index (χ4n) is 3.39. The van der Waals surface area contributed by atoms with E-state index < -0.39 is 17.7 Å². The summed E-state index contributed by atoms with van der Waals surface area (Å²) in [7, 11) is 0. The SMILES string of the molecule is CCCCCC(C)(O)/C=C/[C@H]1C(=O)CC(O)[C@@H]1C/C=C\CCCC(=O)O. The Hall–Kier alpha value is -1.46. The van der Waals surface area contributed by atoms with Gasteiger partial charge in [-0.25, -0.2) is 0 Å². The van der Waals surface area contributed by atoms with Gasteiger partial charge in [0.05, 0.1) is 11.7 Å². The van der Waals surface area contributed by atoms with Crippen LogP contribution in [0.2, 0.25) is 0 Å². The van der Waals surface area contributed by atoms with Crippen LogP contribution in [0.15, 0.2) is 24.3 Å². The predicted octanol–water partition coefficient (Wildman–Crippen LogP) is 3.64. The molecule has 0 amide bonds. The van der Waals surface area contributed by atoms with E-state index in [1.807, 2.05) is 12.2 Å². The van der Waals surface area contributed by atoms with E-state index >= 15 is 0 Å². The summed E-state index contributed by atoms with van der Waals surface area (Å²) >= 11 is 0. The number of aliphatic hydroxyl groups excluding tert-OH is 1. The highest BCUT2D eigenvalue weighted by Gasteiger charge is 2.39. The van der Waals surface area contributed by atoms with Crippen molar-refractivity contribution >= 4 is 11.8 Å².